The summed E-state index contributed by atoms with van der Waals surface area (Å²) in [5.74, 6) is 0.820. The van der Waals surface area contributed by atoms with Gasteiger partial charge in [-0.3, -0.25) is 4.79 Å². The van der Waals surface area contributed by atoms with Gasteiger partial charge in [0.2, 0.25) is 5.91 Å². The highest BCUT2D eigenvalue weighted by Crippen LogP contribution is 2.26. The Kier molecular flexibility index (Phi) is 4.78. The Morgan fingerprint density at radius 2 is 1.88 bits per heavy atom. The van der Waals surface area contributed by atoms with Crippen LogP contribution in [0, 0.1) is 11.3 Å². The van der Waals surface area contributed by atoms with Crippen LogP contribution in [0.4, 0.5) is 0 Å². The van der Waals surface area contributed by atoms with Crippen molar-refractivity contribution in [3.8, 4) is 0 Å². The second-order valence-corrected chi connectivity index (χ2v) is 6.20. The highest BCUT2D eigenvalue weighted by atomic mass is 16.2. The van der Waals surface area contributed by atoms with E-state index in [2.05, 4.69) is 33.0 Å². The zero-order chi connectivity index (χ0) is 12.2. The van der Waals surface area contributed by atoms with Crippen LogP contribution in [-0.2, 0) is 4.79 Å². The van der Waals surface area contributed by atoms with Gasteiger partial charge in [0.05, 0.1) is 0 Å². The van der Waals surface area contributed by atoms with Crippen molar-refractivity contribution in [3.63, 3.8) is 0 Å². The number of carbonyl (C=O) groups excluding carboxylic acids is 1. The van der Waals surface area contributed by atoms with Crippen LogP contribution in [0.5, 0.6) is 0 Å². The van der Waals surface area contributed by atoms with Crippen LogP contribution in [-0.4, -0.2) is 37.0 Å². The molecule has 0 aliphatic carbocycles. The van der Waals surface area contributed by atoms with Crippen LogP contribution < -0.4 is 5.32 Å². The van der Waals surface area contributed by atoms with Crippen molar-refractivity contribution in [2.24, 2.45) is 11.3 Å². The van der Waals surface area contributed by atoms with Crippen LogP contribution in [0.15, 0.2) is 0 Å². The molecule has 1 aliphatic rings. The molecule has 0 spiro atoms. The van der Waals surface area contributed by atoms with E-state index in [4.69, 9.17) is 0 Å². The lowest BCUT2D eigenvalue weighted by atomic mass is 9.84. The van der Waals surface area contributed by atoms with Crippen molar-refractivity contribution in [1.29, 1.82) is 0 Å². The van der Waals surface area contributed by atoms with Gasteiger partial charge in [0, 0.05) is 32.6 Å². The van der Waals surface area contributed by atoms with E-state index < -0.39 is 0 Å². The van der Waals surface area contributed by atoms with Crippen LogP contribution in [0.1, 0.15) is 40.5 Å². The Bertz CT molecular complexity index is 227. The molecule has 16 heavy (non-hydrogen) atoms. The first-order chi connectivity index (χ1) is 7.38. The zero-order valence-corrected chi connectivity index (χ0v) is 11.2. The molecule has 0 aromatic carbocycles. The average molecular weight is 226 g/mol. The molecule has 1 atom stereocenters. The fourth-order valence-corrected chi connectivity index (χ4v) is 2.46. The molecule has 0 bridgehead atoms. The summed E-state index contributed by atoms with van der Waals surface area (Å²) in [6.45, 7) is 12.5. The Balaban J connectivity index is 2.32. The maximum Gasteiger partial charge on any atom is 0.222 e. The fraction of sp³-hybridized carbons (Fsp3) is 0.923. The number of piperazine rings is 1. The first-order valence-corrected chi connectivity index (χ1v) is 6.37. The van der Waals surface area contributed by atoms with Crippen LogP contribution in [0.25, 0.3) is 0 Å². The monoisotopic (exact) mass is 226 g/mol. The van der Waals surface area contributed by atoms with Gasteiger partial charge in [0.25, 0.3) is 0 Å². The highest BCUT2D eigenvalue weighted by molar-refractivity contribution is 5.76. The molecule has 0 saturated carbocycles. The number of hydrogen-bond acceptors (Lipinski definition) is 2. The summed E-state index contributed by atoms with van der Waals surface area (Å²) in [5, 5.41) is 3.27. The molecular weight excluding hydrogens is 200 g/mol. The molecule has 1 saturated heterocycles. The van der Waals surface area contributed by atoms with Gasteiger partial charge in [-0.25, -0.2) is 0 Å². The SMILES string of the molecule is CC(CC(=O)N1CCNCC1)CC(C)(C)C. The van der Waals surface area contributed by atoms with E-state index in [0.717, 1.165) is 32.6 Å². The van der Waals surface area contributed by atoms with Gasteiger partial charge in [-0.05, 0) is 17.8 Å². The van der Waals surface area contributed by atoms with Crippen LogP contribution in [0.3, 0.4) is 0 Å². The van der Waals surface area contributed by atoms with E-state index in [1.165, 1.54) is 0 Å². The number of rotatable bonds is 3. The largest absolute Gasteiger partial charge is 0.340 e. The minimum absolute atomic E-state index is 0.323. The number of carbonyl (C=O) groups is 1. The molecule has 0 aromatic rings. The lowest BCUT2D eigenvalue weighted by Crippen LogP contribution is -2.46. The van der Waals surface area contributed by atoms with E-state index in [-0.39, 0.29) is 0 Å². The Morgan fingerprint density at radius 3 is 2.38 bits per heavy atom. The first kappa shape index (κ1) is 13.5. The van der Waals surface area contributed by atoms with Gasteiger partial charge in [0.1, 0.15) is 0 Å². The molecule has 1 N–H and O–H groups in total. The molecular formula is C13H26N2O. The quantitative estimate of drug-likeness (QED) is 0.797. The summed E-state index contributed by atoms with van der Waals surface area (Å²) >= 11 is 0. The molecule has 0 aromatic heterocycles. The molecule has 1 unspecified atom stereocenters. The molecule has 94 valence electrons. The van der Waals surface area contributed by atoms with Gasteiger partial charge >= 0.3 is 0 Å². The smallest absolute Gasteiger partial charge is 0.222 e. The molecule has 3 heteroatoms. The van der Waals surface area contributed by atoms with Crippen molar-refractivity contribution >= 4 is 5.91 Å². The van der Waals surface area contributed by atoms with Crippen molar-refractivity contribution in [2.45, 2.75) is 40.5 Å². The standard InChI is InChI=1S/C13H26N2O/c1-11(10-13(2,3)4)9-12(16)15-7-5-14-6-8-15/h11,14H,5-10H2,1-4H3. The Morgan fingerprint density at radius 1 is 1.31 bits per heavy atom. The predicted molar refractivity (Wildman–Crippen MR) is 67.3 cm³/mol. The molecule has 3 nitrogen and oxygen atoms in total. The van der Waals surface area contributed by atoms with Gasteiger partial charge < -0.3 is 10.2 Å². The highest BCUT2D eigenvalue weighted by Gasteiger charge is 2.21. The number of amides is 1. The summed E-state index contributed by atoms with van der Waals surface area (Å²) in [4.78, 5) is 14.0. The zero-order valence-electron chi connectivity index (χ0n) is 11.2. The number of nitrogens with one attached hydrogen (secondary N) is 1. The predicted octanol–water partition coefficient (Wildman–Crippen LogP) is 1.88. The number of hydrogen-bond donors (Lipinski definition) is 1. The van der Waals surface area contributed by atoms with Gasteiger partial charge in [-0.15, -0.1) is 0 Å². The van der Waals surface area contributed by atoms with E-state index in [1.807, 2.05) is 4.90 Å². The van der Waals surface area contributed by atoms with Crippen molar-refractivity contribution in [1.82, 2.24) is 10.2 Å². The third-order valence-electron chi connectivity index (χ3n) is 2.95. The van der Waals surface area contributed by atoms with Gasteiger partial charge in [-0.2, -0.15) is 0 Å². The maximum absolute atomic E-state index is 12.0. The van der Waals surface area contributed by atoms with Crippen LogP contribution >= 0.6 is 0 Å². The average Bonchev–Trinajstić information content (AvgIpc) is 2.16. The lowest BCUT2D eigenvalue weighted by molar-refractivity contribution is -0.132. The van der Waals surface area contributed by atoms with E-state index in [0.29, 0.717) is 23.7 Å². The lowest BCUT2D eigenvalue weighted by Gasteiger charge is -2.29. The Hall–Kier alpha value is -0.570. The second-order valence-electron chi connectivity index (χ2n) is 6.20. The molecule has 1 rings (SSSR count). The third kappa shape index (κ3) is 4.97. The van der Waals surface area contributed by atoms with Crippen LogP contribution in [0.2, 0.25) is 0 Å². The normalized spacial score (nSPS) is 19.6. The Labute approximate surface area is 99.6 Å². The van der Waals surface area contributed by atoms with Gasteiger partial charge in [0.15, 0.2) is 0 Å². The fourth-order valence-electron chi connectivity index (χ4n) is 2.46. The van der Waals surface area contributed by atoms with Crippen molar-refractivity contribution in [3.05, 3.63) is 0 Å². The topological polar surface area (TPSA) is 32.3 Å². The molecule has 1 amide bonds. The molecule has 0 radical (unpaired) electrons. The number of nitrogens with zero attached hydrogens (tertiary/aromatic N) is 1. The minimum Gasteiger partial charge on any atom is -0.340 e. The maximum atomic E-state index is 12.0. The van der Waals surface area contributed by atoms with E-state index >= 15 is 0 Å². The van der Waals surface area contributed by atoms with Crippen molar-refractivity contribution in [2.75, 3.05) is 26.2 Å². The van der Waals surface area contributed by atoms with Crippen molar-refractivity contribution < 1.29 is 4.79 Å². The first-order valence-electron chi connectivity index (χ1n) is 6.37. The van der Waals surface area contributed by atoms with Gasteiger partial charge in [-0.1, -0.05) is 27.7 Å². The molecule has 1 heterocycles. The summed E-state index contributed by atoms with van der Waals surface area (Å²) in [6.07, 6.45) is 1.82. The summed E-state index contributed by atoms with van der Waals surface area (Å²) in [5.41, 5.74) is 0.323. The molecule has 1 fully saturated rings. The summed E-state index contributed by atoms with van der Waals surface area (Å²) in [7, 11) is 0. The van der Waals surface area contributed by atoms with E-state index in [1.54, 1.807) is 0 Å². The third-order valence-corrected chi connectivity index (χ3v) is 2.95. The second kappa shape index (κ2) is 5.67. The summed E-state index contributed by atoms with van der Waals surface area (Å²) in [6, 6.07) is 0. The minimum atomic E-state index is 0.323. The molecule has 1 aliphatic heterocycles. The van der Waals surface area contributed by atoms with E-state index in [9.17, 15) is 4.79 Å². The summed E-state index contributed by atoms with van der Waals surface area (Å²) < 4.78 is 0.